The summed E-state index contributed by atoms with van der Waals surface area (Å²) in [6, 6.07) is 1.78. The van der Waals surface area contributed by atoms with Crippen LogP contribution in [0.25, 0.3) is 0 Å². The fourth-order valence-electron chi connectivity index (χ4n) is 2.12. The van der Waals surface area contributed by atoms with Gasteiger partial charge in [0.15, 0.2) is 0 Å². The fraction of sp³-hybridized carbons (Fsp3) is 0.462. The third-order valence-corrected chi connectivity index (χ3v) is 3.10. The summed E-state index contributed by atoms with van der Waals surface area (Å²) in [5.41, 5.74) is 0.839. The van der Waals surface area contributed by atoms with Crippen LogP contribution < -0.4 is 5.32 Å². The van der Waals surface area contributed by atoms with E-state index in [1.165, 1.54) is 12.3 Å². The Balaban J connectivity index is 1.94. The van der Waals surface area contributed by atoms with Crippen LogP contribution in [0.5, 0.6) is 0 Å². The third-order valence-electron chi connectivity index (χ3n) is 3.10. The van der Waals surface area contributed by atoms with Crippen LogP contribution in [0.4, 0.5) is 4.39 Å². The molecule has 0 amide bonds. The number of nitrogens with one attached hydrogen (secondary N) is 1. The second-order valence-electron chi connectivity index (χ2n) is 4.49. The van der Waals surface area contributed by atoms with E-state index in [0.717, 1.165) is 12.0 Å². The quantitative estimate of drug-likeness (QED) is 0.784. The van der Waals surface area contributed by atoms with Crippen molar-refractivity contribution in [2.75, 3.05) is 6.61 Å². The maximum atomic E-state index is 13.0. The summed E-state index contributed by atoms with van der Waals surface area (Å²) in [5, 5.41) is 12.4. The molecule has 3 nitrogen and oxygen atoms in total. The molecule has 2 N–H and O–H groups in total. The molecule has 0 saturated carbocycles. The Hall–Kier alpha value is -1.26. The number of halogens is 1. The van der Waals surface area contributed by atoms with Crippen molar-refractivity contribution in [1.82, 2.24) is 10.3 Å². The summed E-state index contributed by atoms with van der Waals surface area (Å²) in [6.07, 6.45) is 7.85. The number of nitrogens with zero attached hydrogens (tertiary/aromatic N) is 1. The number of aliphatic hydroxyl groups excluding tert-OH is 1. The molecule has 17 heavy (non-hydrogen) atoms. The van der Waals surface area contributed by atoms with Gasteiger partial charge in [-0.05, 0) is 25.0 Å². The zero-order valence-electron chi connectivity index (χ0n) is 9.81. The fourth-order valence-corrected chi connectivity index (χ4v) is 2.12. The van der Waals surface area contributed by atoms with Gasteiger partial charge in [-0.15, -0.1) is 0 Å². The molecule has 0 spiro atoms. The molecule has 0 fully saturated rings. The van der Waals surface area contributed by atoms with E-state index in [1.54, 1.807) is 6.20 Å². The molecule has 1 aromatic heterocycles. The Morgan fingerprint density at radius 3 is 3.00 bits per heavy atom. The molecule has 1 unspecified atom stereocenters. The molecular formula is C13H17FN2O. The number of hydrogen-bond acceptors (Lipinski definition) is 3. The van der Waals surface area contributed by atoms with Crippen molar-refractivity contribution in [3.63, 3.8) is 0 Å². The first-order chi connectivity index (χ1) is 8.19. The molecular weight excluding hydrogens is 219 g/mol. The average Bonchev–Trinajstić information content (AvgIpc) is 2.77. The summed E-state index contributed by atoms with van der Waals surface area (Å²) in [6.45, 7) is 2.17. The standard InChI is InChI=1S/C13H17FN2O/c1-9(11-5-12(14)7-15-6-11)16-13-3-2-10(4-13)8-17/h2-3,5-7,9-10,13,16-17H,4,8H2,1H3/t9?,10-,13+/m0/s1. The van der Waals surface area contributed by atoms with Crippen molar-refractivity contribution in [1.29, 1.82) is 0 Å². The summed E-state index contributed by atoms with van der Waals surface area (Å²) >= 11 is 0. The maximum Gasteiger partial charge on any atom is 0.141 e. The largest absolute Gasteiger partial charge is 0.396 e. The van der Waals surface area contributed by atoms with Crippen molar-refractivity contribution in [3.8, 4) is 0 Å². The van der Waals surface area contributed by atoms with Gasteiger partial charge in [0, 0.05) is 30.8 Å². The number of aliphatic hydroxyl groups is 1. The van der Waals surface area contributed by atoms with Gasteiger partial charge in [-0.1, -0.05) is 12.2 Å². The minimum absolute atomic E-state index is 0.0466. The second-order valence-corrected chi connectivity index (χ2v) is 4.49. The van der Waals surface area contributed by atoms with Crippen LogP contribution >= 0.6 is 0 Å². The van der Waals surface area contributed by atoms with Gasteiger partial charge in [0.2, 0.25) is 0 Å². The highest BCUT2D eigenvalue weighted by Gasteiger charge is 2.20. The molecule has 92 valence electrons. The summed E-state index contributed by atoms with van der Waals surface area (Å²) < 4.78 is 13.0. The molecule has 4 heteroatoms. The first-order valence-electron chi connectivity index (χ1n) is 5.84. The molecule has 3 atom stereocenters. The number of hydrogen-bond donors (Lipinski definition) is 2. The Labute approximate surface area is 100 Å². The Morgan fingerprint density at radius 1 is 1.53 bits per heavy atom. The van der Waals surface area contributed by atoms with E-state index in [1.807, 2.05) is 13.0 Å². The van der Waals surface area contributed by atoms with Crippen LogP contribution in [0.15, 0.2) is 30.6 Å². The second kappa shape index (κ2) is 5.38. The molecule has 0 aliphatic heterocycles. The van der Waals surface area contributed by atoms with Crippen molar-refractivity contribution in [3.05, 3.63) is 42.0 Å². The van der Waals surface area contributed by atoms with E-state index < -0.39 is 0 Å². The molecule has 1 aliphatic rings. The van der Waals surface area contributed by atoms with Gasteiger partial charge in [-0.25, -0.2) is 4.39 Å². The lowest BCUT2D eigenvalue weighted by Crippen LogP contribution is -2.29. The molecule has 0 saturated heterocycles. The van der Waals surface area contributed by atoms with Crippen LogP contribution in [0.1, 0.15) is 24.9 Å². The molecule has 0 radical (unpaired) electrons. The lowest BCUT2D eigenvalue weighted by molar-refractivity contribution is 0.245. The topological polar surface area (TPSA) is 45.1 Å². The summed E-state index contributed by atoms with van der Waals surface area (Å²) in [5.74, 6) is -0.0725. The van der Waals surface area contributed by atoms with Crippen LogP contribution in [-0.2, 0) is 0 Å². The Morgan fingerprint density at radius 2 is 2.35 bits per heavy atom. The highest BCUT2D eigenvalue weighted by molar-refractivity contribution is 5.16. The van der Waals surface area contributed by atoms with Gasteiger partial charge in [-0.3, -0.25) is 4.98 Å². The Bertz CT molecular complexity index is 408. The first-order valence-corrected chi connectivity index (χ1v) is 5.84. The SMILES string of the molecule is CC(N[C@@H]1C=C[C@H](CO)C1)c1cncc(F)c1. The van der Waals surface area contributed by atoms with Crippen LogP contribution in [0.3, 0.4) is 0 Å². The van der Waals surface area contributed by atoms with Crippen LogP contribution in [0.2, 0.25) is 0 Å². The first kappa shape index (κ1) is 12.2. The van der Waals surface area contributed by atoms with E-state index >= 15 is 0 Å². The van der Waals surface area contributed by atoms with Gasteiger partial charge in [0.25, 0.3) is 0 Å². The van der Waals surface area contributed by atoms with Gasteiger partial charge in [-0.2, -0.15) is 0 Å². The van der Waals surface area contributed by atoms with E-state index in [2.05, 4.69) is 16.4 Å². The molecule has 1 aliphatic carbocycles. The zero-order valence-corrected chi connectivity index (χ0v) is 9.81. The predicted molar refractivity (Wildman–Crippen MR) is 63.9 cm³/mol. The van der Waals surface area contributed by atoms with E-state index in [4.69, 9.17) is 5.11 Å². The van der Waals surface area contributed by atoms with Crippen molar-refractivity contribution in [2.45, 2.75) is 25.4 Å². The van der Waals surface area contributed by atoms with Gasteiger partial charge in [0.05, 0.1) is 6.20 Å². The smallest absolute Gasteiger partial charge is 0.141 e. The monoisotopic (exact) mass is 236 g/mol. The summed E-state index contributed by atoms with van der Waals surface area (Å²) in [4.78, 5) is 3.84. The third kappa shape index (κ3) is 3.11. The summed E-state index contributed by atoms with van der Waals surface area (Å²) in [7, 11) is 0. The minimum Gasteiger partial charge on any atom is -0.396 e. The van der Waals surface area contributed by atoms with Crippen molar-refractivity contribution in [2.24, 2.45) is 5.92 Å². The van der Waals surface area contributed by atoms with Crippen LogP contribution in [-0.4, -0.2) is 22.7 Å². The van der Waals surface area contributed by atoms with E-state index in [-0.39, 0.29) is 30.4 Å². The maximum absolute atomic E-state index is 13.0. The van der Waals surface area contributed by atoms with Crippen molar-refractivity contribution >= 4 is 0 Å². The molecule has 0 aromatic carbocycles. The van der Waals surface area contributed by atoms with Gasteiger partial charge >= 0.3 is 0 Å². The number of pyridine rings is 1. The molecule has 0 bridgehead atoms. The van der Waals surface area contributed by atoms with Gasteiger partial charge < -0.3 is 10.4 Å². The Kier molecular flexibility index (Phi) is 3.86. The highest BCUT2D eigenvalue weighted by Crippen LogP contribution is 2.20. The number of aromatic nitrogens is 1. The van der Waals surface area contributed by atoms with E-state index in [9.17, 15) is 4.39 Å². The number of rotatable bonds is 4. The van der Waals surface area contributed by atoms with Gasteiger partial charge in [0.1, 0.15) is 5.82 Å². The highest BCUT2D eigenvalue weighted by atomic mass is 19.1. The molecule has 2 rings (SSSR count). The molecule has 1 heterocycles. The molecule has 1 aromatic rings. The van der Waals surface area contributed by atoms with Crippen LogP contribution in [0, 0.1) is 11.7 Å². The lowest BCUT2D eigenvalue weighted by Gasteiger charge is -2.19. The predicted octanol–water partition coefficient (Wildman–Crippen LogP) is 1.81. The minimum atomic E-state index is -0.314. The lowest BCUT2D eigenvalue weighted by atomic mass is 10.1. The average molecular weight is 236 g/mol. The normalized spacial score (nSPS) is 25.1. The van der Waals surface area contributed by atoms with Crippen molar-refractivity contribution < 1.29 is 9.50 Å². The zero-order chi connectivity index (χ0) is 12.3. The van der Waals surface area contributed by atoms with E-state index in [0.29, 0.717) is 0 Å².